The Hall–Kier alpha value is -0.220. The van der Waals surface area contributed by atoms with Gasteiger partial charge in [-0.15, -0.1) is 0 Å². The molecular formula is C15H29NO2S. The number of carbonyl (C=O) groups excluding carboxylic acids is 1. The SMILES string of the molecule is CCSC(C)C1CCN(C(=O)COC(C)(C)C)CC1. The molecule has 0 aromatic rings. The first-order valence-corrected chi connectivity index (χ1v) is 8.41. The van der Waals surface area contributed by atoms with Crippen molar-refractivity contribution in [2.45, 2.75) is 58.3 Å². The number of hydrogen-bond acceptors (Lipinski definition) is 3. The molecule has 19 heavy (non-hydrogen) atoms. The smallest absolute Gasteiger partial charge is 0.248 e. The first kappa shape index (κ1) is 16.8. The fourth-order valence-electron chi connectivity index (χ4n) is 2.39. The van der Waals surface area contributed by atoms with Gasteiger partial charge in [0.2, 0.25) is 5.91 Å². The topological polar surface area (TPSA) is 29.5 Å². The van der Waals surface area contributed by atoms with Gasteiger partial charge in [0, 0.05) is 18.3 Å². The maximum atomic E-state index is 12.0. The van der Waals surface area contributed by atoms with Crippen molar-refractivity contribution < 1.29 is 9.53 Å². The van der Waals surface area contributed by atoms with Crippen LogP contribution < -0.4 is 0 Å². The summed E-state index contributed by atoms with van der Waals surface area (Å²) in [6.07, 6.45) is 2.27. The molecule has 0 saturated carbocycles. The maximum absolute atomic E-state index is 12.0. The van der Waals surface area contributed by atoms with Crippen molar-refractivity contribution in [2.24, 2.45) is 5.92 Å². The van der Waals surface area contributed by atoms with Gasteiger partial charge < -0.3 is 9.64 Å². The summed E-state index contributed by atoms with van der Waals surface area (Å²) >= 11 is 2.03. The Morgan fingerprint density at radius 3 is 2.42 bits per heavy atom. The lowest BCUT2D eigenvalue weighted by Crippen LogP contribution is -2.43. The Morgan fingerprint density at radius 2 is 1.95 bits per heavy atom. The summed E-state index contributed by atoms with van der Waals surface area (Å²) in [7, 11) is 0. The van der Waals surface area contributed by atoms with Crippen LogP contribution in [0.3, 0.4) is 0 Å². The fraction of sp³-hybridized carbons (Fsp3) is 0.933. The number of likely N-dealkylation sites (tertiary alicyclic amines) is 1. The van der Waals surface area contributed by atoms with E-state index in [1.165, 1.54) is 5.75 Å². The number of nitrogens with zero attached hydrogens (tertiary/aromatic N) is 1. The third-order valence-corrected chi connectivity index (χ3v) is 4.86. The molecule has 0 N–H and O–H groups in total. The Bertz CT molecular complexity index is 280. The van der Waals surface area contributed by atoms with Crippen molar-refractivity contribution in [3.63, 3.8) is 0 Å². The predicted molar refractivity (Wildman–Crippen MR) is 82.6 cm³/mol. The van der Waals surface area contributed by atoms with Crippen LogP contribution in [-0.2, 0) is 9.53 Å². The lowest BCUT2D eigenvalue weighted by molar-refractivity contribution is -0.142. The molecule has 4 heteroatoms. The van der Waals surface area contributed by atoms with E-state index >= 15 is 0 Å². The zero-order chi connectivity index (χ0) is 14.5. The number of rotatable bonds is 5. The molecule has 0 aliphatic carbocycles. The predicted octanol–water partition coefficient (Wildman–Crippen LogP) is 3.18. The second-order valence-electron chi connectivity index (χ2n) is 6.28. The van der Waals surface area contributed by atoms with Crippen molar-refractivity contribution >= 4 is 17.7 Å². The zero-order valence-corrected chi connectivity index (χ0v) is 13.9. The van der Waals surface area contributed by atoms with E-state index in [9.17, 15) is 4.79 Å². The van der Waals surface area contributed by atoms with Crippen LogP contribution in [0.1, 0.15) is 47.5 Å². The van der Waals surface area contributed by atoms with E-state index in [2.05, 4.69) is 13.8 Å². The monoisotopic (exact) mass is 287 g/mol. The van der Waals surface area contributed by atoms with Gasteiger partial charge in [-0.2, -0.15) is 11.8 Å². The minimum atomic E-state index is -0.236. The van der Waals surface area contributed by atoms with Crippen LogP contribution in [0.25, 0.3) is 0 Å². The molecule has 0 radical (unpaired) electrons. The highest BCUT2D eigenvalue weighted by atomic mass is 32.2. The van der Waals surface area contributed by atoms with Gasteiger partial charge >= 0.3 is 0 Å². The third kappa shape index (κ3) is 6.17. The van der Waals surface area contributed by atoms with Crippen molar-refractivity contribution in [3.05, 3.63) is 0 Å². The average molecular weight is 287 g/mol. The van der Waals surface area contributed by atoms with Crippen molar-refractivity contribution in [3.8, 4) is 0 Å². The summed E-state index contributed by atoms with van der Waals surface area (Å²) in [5, 5.41) is 0.716. The summed E-state index contributed by atoms with van der Waals surface area (Å²) in [6, 6.07) is 0. The molecule has 1 aliphatic rings. The molecule has 0 spiro atoms. The van der Waals surface area contributed by atoms with E-state index in [1.54, 1.807) is 0 Å². The Kier molecular flexibility index (Phi) is 6.67. The zero-order valence-electron chi connectivity index (χ0n) is 13.1. The van der Waals surface area contributed by atoms with Crippen molar-refractivity contribution in [1.29, 1.82) is 0 Å². The first-order chi connectivity index (χ1) is 8.83. The average Bonchev–Trinajstić information content (AvgIpc) is 2.35. The number of piperidine rings is 1. The molecule has 1 atom stereocenters. The number of carbonyl (C=O) groups is 1. The summed E-state index contributed by atoms with van der Waals surface area (Å²) in [6.45, 7) is 12.5. The van der Waals surface area contributed by atoms with Gasteiger partial charge in [0.25, 0.3) is 0 Å². The lowest BCUT2D eigenvalue weighted by Gasteiger charge is -2.35. The van der Waals surface area contributed by atoms with Crippen LogP contribution in [0.4, 0.5) is 0 Å². The van der Waals surface area contributed by atoms with Crippen LogP contribution in [0.2, 0.25) is 0 Å². The highest BCUT2D eigenvalue weighted by Gasteiger charge is 2.26. The maximum Gasteiger partial charge on any atom is 0.248 e. The molecule has 1 unspecified atom stereocenters. The van der Waals surface area contributed by atoms with Gasteiger partial charge in [-0.05, 0) is 45.3 Å². The standard InChI is InChI=1S/C15H29NO2S/c1-6-19-12(2)13-7-9-16(10-8-13)14(17)11-18-15(3,4)5/h12-13H,6-11H2,1-5H3. The van der Waals surface area contributed by atoms with Gasteiger partial charge in [0.1, 0.15) is 6.61 Å². The molecule has 1 aliphatic heterocycles. The molecule has 1 rings (SSSR count). The summed E-state index contributed by atoms with van der Waals surface area (Å²) in [4.78, 5) is 14.0. The van der Waals surface area contributed by atoms with Gasteiger partial charge in [0.05, 0.1) is 5.60 Å². The Balaban J connectivity index is 2.31. The van der Waals surface area contributed by atoms with Crippen LogP contribution in [0.5, 0.6) is 0 Å². The molecule has 3 nitrogen and oxygen atoms in total. The molecule has 0 aromatic carbocycles. The molecule has 1 amide bonds. The number of ether oxygens (including phenoxy) is 1. The van der Waals surface area contributed by atoms with E-state index in [0.29, 0.717) is 5.25 Å². The fourth-order valence-corrected chi connectivity index (χ4v) is 3.46. The Labute approximate surface area is 122 Å². The van der Waals surface area contributed by atoms with Crippen molar-refractivity contribution in [2.75, 3.05) is 25.4 Å². The molecule has 1 saturated heterocycles. The Morgan fingerprint density at radius 1 is 1.37 bits per heavy atom. The second-order valence-corrected chi connectivity index (χ2v) is 7.93. The molecule has 0 aromatic heterocycles. The largest absolute Gasteiger partial charge is 0.366 e. The number of hydrogen-bond donors (Lipinski definition) is 0. The molecule has 112 valence electrons. The molecule has 1 heterocycles. The van der Waals surface area contributed by atoms with Gasteiger partial charge in [0.15, 0.2) is 0 Å². The van der Waals surface area contributed by atoms with E-state index in [4.69, 9.17) is 4.74 Å². The summed E-state index contributed by atoms with van der Waals surface area (Å²) in [5.41, 5.74) is -0.236. The second kappa shape index (κ2) is 7.53. The molecule has 0 bridgehead atoms. The van der Waals surface area contributed by atoms with E-state index in [0.717, 1.165) is 31.8 Å². The highest BCUT2D eigenvalue weighted by Crippen LogP contribution is 2.28. The van der Waals surface area contributed by atoms with E-state index in [1.807, 2.05) is 37.4 Å². The van der Waals surface area contributed by atoms with Crippen LogP contribution in [0.15, 0.2) is 0 Å². The van der Waals surface area contributed by atoms with E-state index < -0.39 is 0 Å². The molecule has 1 fully saturated rings. The van der Waals surface area contributed by atoms with Crippen LogP contribution >= 0.6 is 11.8 Å². The van der Waals surface area contributed by atoms with Crippen LogP contribution in [0, 0.1) is 5.92 Å². The van der Waals surface area contributed by atoms with Crippen molar-refractivity contribution in [1.82, 2.24) is 4.90 Å². The quantitative estimate of drug-likeness (QED) is 0.778. The summed E-state index contributed by atoms with van der Waals surface area (Å²) in [5.74, 6) is 2.08. The minimum Gasteiger partial charge on any atom is -0.366 e. The van der Waals surface area contributed by atoms with Crippen LogP contribution in [-0.4, -0.2) is 47.1 Å². The third-order valence-electron chi connectivity index (χ3n) is 3.61. The highest BCUT2D eigenvalue weighted by molar-refractivity contribution is 7.99. The lowest BCUT2D eigenvalue weighted by atomic mass is 9.94. The van der Waals surface area contributed by atoms with Gasteiger partial charge in [-0.25, -0.2) is 0 Å². The molecular weight excluding hydrogens is 258 g/mol. The van der Waals surface area contributed by atoms with Gasteiger partial charge in [-0.1, -0.05) is 13.8 Å². The normalized spacial score (nSPS) is 19.5. The minimum absolute atomic E-state index is 0.143. The van der Waals surface area contributed by atoms with Gasteiger partial charge in [-0.3, -0.25) is 4.79 Å². The summed E-state index contributed by atoms with van der Waals surface area (Å²) < 4.78 is 5.56. The van der Waals surface area contributed by atoms with E-state index in [-0.39, 0.29) is 18.1 Å². The number of thioether (sulfide) groups is 1. The first-order valence-electron chi connectivity index (χ1n) is 7.37. The number of amides is 1.